The maximum absolute atomic E-state index is 9.27. The Kier molecular flexibility index (Phi) is 1.37. The Bertz CT molecular complexity index is 499. The monoisotopic (exact) mass is 189 g/mol. The maximum Gasteiger partial charge on any atom is 0.159 e. The molecule has 0 spiro atoms. The number of hydrogen-bond donors (Lipinski definition) is 1. The Hall–Kier alpha value is -1.58. The molecule has 2 aromatic heterocycles. The van der Waals surface area contributed by atoms with Crippen LogP contribution in [0.1, 0.15) is 24.6 Å². The van der Waals surface area contributed by atoms with Gasteiger partial charge in [0.15, 0.2) is 5.65 Å². The van der Waals surface area contributed by atoms with Gasteiger partial charge in [-0.3, -0.25) is 0 Å². The van der Waals surface area contributed by atoms with Crippen molar-refractivity contribution in [3.63, 3.8) is 0 Å². The second kappa shape index (κ2) is 2.47. The molecule has 14 heavy (non-hydrogen) atoms. The van der Waals surface area contributed by atoms with Crippen molar-refractivity contribution < 1.29 is 5.11 Å². The van der Waals surface area contributed by atoms with Crippen LogP contribution in [0.3, 0.4) is 0 Å². The summed E-state index contributed by atoms with van der Waals surface area (Å²) in [7, 11) is 1.98. The Balaban J connectivity index is 2.28. The number of fused-ring (bicyclic) bond motifs is 1. The summed E-state index contributed by atoms with van der Waals surface area (Å²) < 4.78 is 2.02. The molecular weight excluding hydrogens is 178 g/mol. The highest BCUT2D eigenvalue weighted by Crippen LogP contribution is 2.40. The van der Waals surface area contributed by atoms with Crippen molar-refractivity contribution in [2.75, 3.05) is 0 Å². The number of aromatic hydroxyl groups is 1. The summed E-state index contributed by atoms with van der Waals surface area (Å²) in [5, 5.41) is 9.27. The van der Waals surface area contributed by atoms with Crippen molar-refractivity contribution in [1.82, 2.24) is 14.5 Å². The van der Waals surface area contributed by atoms with Crippen LogP contribution in [0.25, 0.3) is 11.2 Å². The van der Waals surface area contributed by atoms with Gasteiger partial charge in [0.05, 0.1) is 6.20 Å². The van der Waals surface area contributed by atoms with Crippen LogP contribution in [0.2, 0.25) is 0 Å². The molecule has 0 bridgehead atoms. The van der Waals surface area contributed by atoms with Crippen LogP contribution >= 0.6 is 0 Å². The van der Waals surface area contributed by atoms with E-state index in [2.05, 4.69) is 9.97 Å². The van der Waals surface area contributed by atoms with Crippen molar-refractivity contribution in [3.8, 4) is 5.75 Å². The van der Waals surface area contributed by atoms with Gasteiger partial charge in [-0.25, -0.2) is 9.97 Å². The number of aromatic nitrogens is 3. The molecule has 0 atom stereocenters. The lowest BCUT2D eigenvalue weighted by atomic mass is 10.4. The van der Waals surface area contributed by atoms with Crippen molar-refractivity contribution in [1.29, 1.82) is 0 Å². The zero-order valence-corrected chi connectivity index (χ0v) is 7.94. The largest absolute Gasteiger partial charge is 0.506 e. The first-order valence-electron chi connectivity index (χ1n) is 4.77. The normalized spacial score (nSPS) is 16.4. The van der Waals surface area contributed by atoms with Gasteiger partial charge in [0.2, 0.25) is 0 Å². The molecule has 0 radical (unpaired) electrons. The SMILES string of the molecule is Cn1c(C2CC2)nc2cc(O)cnc21. The zero-order chi connectivity index (χ0) is 9.71. The molecule has 0 amide bonds. The summed E-state index contributed by atoms with van der Waals surface area (Å²) in [4.78, 5) is 8.64. The fraction of sp³-hybridized carbons (Fsp3) is 0.400. The van der Waals surface area contributed by atoms with Gasteiger partial charge in [0.25, 0.3) is 0 Å². The third-order valence-electron chi connectivity index (χ3n) is 2.67. The summed E-state index contributed by atoms with van der Waals surface area (Å²) in [6.45, 7) is 0. The summed E-state index contributed by atoms with van der Waals surface area (Å²) >= 11 is 0. The predicted molar refractivity (Wildman–Crippen MR) is 52.1 cm³/mol. The molecule has 72 valence electrons. The average molecular weight is 189 g/mol. The first-order valence-corrected chi connectivity index (χ1v) is 4.77. The van der Waals surface area contributed by atoms with Gasteiger partial charge in [0, 0.05) is 19.0 Å². The Morgan fingerprint density at radius 3 is 3.00 bits per heavy atom. The second-order valence-electron chi connectivity index (χ2n) is 3.84. The standard InChI is InChI=1S/C10H11N3O/c1-13-9(6-2-3-6)12-8-4-7(14)5-11-10(8)13/h4-6,14H,2-3H2,1H3. The van der Waals surface area contributed by atoms with Crippen LogP contribution in [0.5, 0.6) is 5.75 Å². The lowest BCUT2D eigenvalue weighted by Crippen LogP contribution is -1.95. The van der Waals surface area contributed by atoms with Crippen LogP contribution in [0.15, 0.2) is 12.3 Å². The molecule has 2 heterocycles. The van der Waals surface area contributed by atoms with Gasteiger partial charge in [-0.05, 0) is 12.8 Å². The van der Waals surface area contributed by atoms with E-state index in [4.69, 9.17) is 0 Å². The molecule has 1 aliphatic carbocycles. The van der Waals surface area contributed by atoms with E-state index in [1.807, 2.05) is 11.6 Å². The minimum Gasteiger partial charge on any atom is -0.506 e. The molecule has 1 N–H and O–H groups in total. The maximum atomic E-state index is 9.27. The quantitative estimate of drug-likeness (QED) is 0.740. The third-order valence-corrected chi connectivity index (χ3v) is 2.67. The Morgan fingerprint density at radius 2 is 2.29 bits per heavy atom. The van der Waals surface area contributed by atoms with E-state index in [-0.39, 0.29) is 5.75 Å². The molecule has 0 saturated heterocycles. The molecule has 0 unspecified atom stereocenters. The molecule has 0 aliphatic heterocycles. The van der Waals surface area contributed by atoms with E-state index in [0.717, 1.165) is 17.0 Å². The van der Waals surface area contributed by atoms with Gasteiger partial charge in [-0.1, -0.05) is 0 Å². The first-order chi connectivity index (χ1) is 6.75. The minimum absolute atomic E-state index is 0.179. The van der Waals surface area contributed by atoms with Gasteiger partial charge in [-0.15, -0.1) is 0 Å². The minimum atomic E-state index is 0.179. The van der Waals surface area contributed by atoms with E-state index >= 15 is 0 Å². The van der Waals surface area contributed by atoms with Crippen LogP contribution in [-0.4, -0.2) is 19.6 Å². The van der Waals surface area contributed by atoms with E-state index in [1.54, 1.807) is 6.07 Å². The predicted octanol–water partition coefficient (Wildman–Crippen LogP) is 1.55. The van der Waals surface area contributed by atoms with Crippen LogP contribution in [0, 0.1) is 0 Å². The molecule has 4 heteroatoms. The summed E-state index contributed by atoms with van der Waals surface area (Å²) in [5.41, 5.74) is 1.64. The van der Waals surface area contributed by atoms with Crippen molar-refractivity contribution in [3.05, 3.63) is 18.1 Å². The highest BCUT2D eigenvalue weighted by Gasteiger charge is 2.28. The third kappa shape index (κ3) is 0.999. The molecule has 1 fully saturated rings. The molecule has 2 aromatic rings. The first kappa shape index (κ1) is 7.79. The van der Waals surface area contributed by atoms with Gasteiger partial charge < -0.3 is 9.67 Å². The smallest absolute Gasteiger partial charge is 0.159 e. The number of imidazole rings is 1. The Morgan fingerprint density at radius 1 is 1.50 bits per heavy atom. The van der Waals surface area contributed by atoms with E-state index in [9.17, 15) is 5.11 Å². The van der Waals surface area contributed by atoms with Gasteiger partial charge >= 0.3 is 0 Å². The molecule has 3 rings (SSSR count). The molecular formula is C10H11N3O. The highest BCUT2D eigenvalue weighted by atomic mass is 16.3. The summed E-state index contributed by atoms with van der Waals surface area (Å²) in [6, 6.07) is 1.66. The highest BCUT2D eigenvalue weighted by molar-refractivity contribution is 5.73. The van der Waals surface area contributed by atoms with Crippen LogP contribution in [0.4, 0.5) is 0 Å². The number of nitrogens with zero attached hydrogens (tertiary/aromatic N) is 3. The molecule has 0 aromatic carbocycles. The van der Waals surface area contributed by atoms with E-state index in [0.29, 0.717) is 5.92 Å². The average Bonchev–Trinajstić information content (AvgIpc) is 2.93. The van der Waals surface area contributed by atoms with Crippen molar-refractivity contribution in [2.45, 2.75) is 18.8 Å². The van der Waals surface area contributed by atoms with E-state index in [1.165, 1.54) is 19.0 Å². The second-order valence-corrected chi connectivity index (χ2v) is 3.84. The van der Waals surface area contributed by atoms with Gasteiger partial charge in [0.1, 0.15) is 17.1 Å². The number of rotatable bonds is 1. The van der Waals surface area contributed by atoms with Crippen molar-refractivity contribution in [2.24, 2.45) is 7.05 Å². The van der Waals surface area contributed by atoms with E-state index < -0.39 is 0 Å². The summed E-state index contributed by atoms with van der Waals surface area (Å²) in [6.07, 6.45) is 3.91. The molecule has 1 aliphatic rings. The molecule has 1 saturated carbocycles. The fourth-order valence-corrected chi connectivity index (χ4v) is 1.79. The summed E-state index contributed by atoms with van der Waals surface area (Å²) in [5.74, 6) is 1.88. The lowest BCUT2D eigenvalue weighted by molar-refractivity contribution is 0.473. The number of pyridine rings is 1. The molecule has 4 nitrogen and oxygen atoms in total. The zero-order valence-electron chi connectivity index (χ0n) is 7.94. The number of aryl methyl sites for hydroxylation is 1. The topological polar surface area (TPSA) is 50.9 Å². The fourth-order valence-electron chi connectivity index (χ4n) is 1.79. The van der Waals surface area contributed by atoms with Crippen molar-refractivity contribution >= 4 is 11.2 Å². The van der Waals surface area contributed by atoms with Gasteiger partial charge in [-0.2, -0.15) is 0 Å². The Labute approximate surface area is 81.2 Å². The number of hydrogen-bond acceptors (Lipinski definition) is 3. The van der Waals surface area contributed by atoms with Crippen LogP contribution < -0.4 is 0 Å². The lowest BCUT2D eigenvalue weighted by Gasteiger charge is -1.97. The van der Waals surface area contributed by atoms with Crippen LogP contribution in [-0.2, 0) is 7.05 Å².